The summed E-state index contributed by atoms with van der Waals surface area (Å²) in [5.74, 6) is 2.27. The van der Waals surface area contributed by atoms with Gasteiger partial charge in [0, 0.05) is 6.04 Å². The number of rotatable bonds is 3. The number of aromatic hydroxyl groups is 1. The van der Waals surface area contributed by atoms with E-state index in [0.717, 1.165) is 36.8 Å². The Morgan fingerprint density at radius 3 is 2.74 bits per heavy atom. The molecular weight excluding hydrogens is 234 g/mol. The molecule has 0 bridgehead atoms. The van der Waals surface area contributed by atoms with E-state index in [9.17, 15) is 5.11 Å². The molecule has 0 radical (unpaired) electrons. The molecule has 2 heteroatoms. The number of phenols is 1. The van der Waals surface area contributed by atoms with Crippen molar-refractivity contribution in [3.63, 3.8) is 0 Å². The molecule has 0 aromatic heterocycles. The van der Waals surface area contributed by atoms with Crippen molar-refractivity contribution in [3.05, 3.63) is 29.3 Å². The summed E-state index contributed by atoms with van der Waals surface area (Å²) in [6.07, 6.45) is 7.71. The van der Waals surface area contributed by atoms with Crippen molar-refractivity contribution in [2.75, 3.05) is 6.54 Å². The van der Waals surface area contributed by atoms with Gasteiger partial charge in [0.25, 0.3) is 0 Å². The Bertz CT molecular complexity index is 435. The molecule has 0 aliphatic heterocycles. The van der Waals surface area contributed by atoms with Crippen LogP contribution in [0.4, 0.5) is 0 Å². The van der Waals surface area contributed by atoms with E-state index in [1.54, 1.807) is 0 Å². The van der Waals surface area contributed by atoms with Crippen LogP contribution in [0.2, 0.25) is 0 Å². The maximum atomic E-state index is 9.87. The average molecular weight is 259 g/mol. The Balaban J connectivity index is 1.57. The second-order valence-corrected chi connectivity index (χ2v) is 6.47. The van der Waals surface area contributed by atoms with Crippen LogP contribution in [0.3, 0.4) is 0 Å². The first-order chi connectivity index (χ1) is 9.24. The Morgan fingerprint density at radius 1 is 1.16 bits per heavy atom. The van der Waals surface area contributed by atoms with Gasteiger partial charge in [-0.05, 0) is 61.3 Å². The number of hydrogen-bond donors (Lipinski definition) is 2. The number of benzene rings is 1. The molecule has 2 nitrogen and oxygen atoms in total. The molecule has 1 aromatic carbocycles. The summed E-state index contributed by atoms with van der Waals surface area (Å²) in [6, 6.07) is 6.41. The van der Waals surface area contributed by atoms with Gasteiger partial charge in [0.05, 0.1) is 0 Å². The molecule has 0 spiro atoms. The molecular formula is C17H25NO. The smallest absolute Gasteiger partial charge is 0.119 e. The van der Waals surface area contributed by atoms with Crippen LogP contribution in [0.25, 0.3) is 0 Å². The van der Waals surface area contributed by atoms with E-state index < -0.39 is 0 Å². The van der Waals surface area contributed by atoms with E-state index in [4.69, 9.17) is 0 Å². The van der Waals surface area contributed by atoms with E-state index in [2.05, 4.69) is 18.3 Å². The lowest BCUT2D eigenvalue weighted by atomic mass is 9.83. The van der Waals surface area contributed by atoms with Gasteiger partial charge in [-0.3, -0.25) is 0 Å². The zero-order valence-electron chi connectivity index (χ0n) is 11.9. The first kappa shape index (κ1) is 13.0. The van der Waals surface area contributed by atoms with Crippen LogP contribution in [-0.4, -0.2) is 11.7 Å². The third-order valence-corrected chi connectivity index (χ3v) is 5.03. The number of nitrogens with one attached hydrogen (secondary N) is 1. The van der Waals surface area contributed by atoms with Crippen LogP contribution in [0, 0.1) is 11.8 Å². The van der Waals surface area contributed by atoms with Crippen molar-refractivity contribution >= 4 is 0 Å². The Hall–Kier alpha value is -1.02. The molecule has 1 unspecified atom stereocenters. The molecule has 19 heavy (non-hydrogen) atoms. The summed E-state index contributed by atoms with van der Waals surface area (Å²) in [6.45, 7) is 3.52. The normalized spacial score (nSPS) is 30.3. The van der Waals surface area contributed by atoms with Crippen molar-refractivity contribution in [1.29, 1.82) is 0 Å². The van der Waals surface area contributed by atoms with Gasteiger partial charge >= 0.3 is 0 Å². The minimum atomic E-state index is 0.460. The van der Waals surface area contributed by atoms with E-state index in [1.165, 1.54) is 31.2 Å². The fraction of sp³-hybridized carbons (Fsp3) is 0.647. The first-order valence-corrected chi connectivity index (χ1v) is 7.78. The third-order valence-electron chi connectivity index (χ3n) is 5.03. The SMILES string of the molecule is CC1CCC(CNC2CCc3c(O)cccc32)CC1. The zero-order chi connectivity index (χ0) is 13.2. The summed E-state index contributed by atoms with van der Waals surface area (Å²) in [5.41, 5.74) is 2.49. The van der Waals surface area contributed by atoms with Crippen LogP contribution >= 0.6 is 0 Å². The van der Waals surface area contributed by atoms with Crippen LogP contribution in [-0.2, 0) is 6.42 Å². The Morgan fingerprint density at radius 2 is 1.95 bits per heavy atom. The molecule has 3 rings (SSSR count). The quantitative estimate of drug-likeness (QED) is 0.865. The highest BCUT2D eigenvalue weighted by Gasteiger charge is 2.25. The summed E-state index contributed by atoms with van der Waals surface area (Å²) in [7, 11) is 0. The zero-order valence-corrected chi connectivity index (χ0v) is 11.9. The predicted octanol–water partition coefficient (Wildman–Crippen LogP) is 3.80. The Labute approximate surface area is 116 Å². The van der Waals surface area contributed by atoms with Gasteiger partial charge in [-0.2, -0.15) is 0 Å². The van der Waals surface area contributed by atoms with Crippen LogP contribution < -0.4 is 5.32 Å². The van der Waals surface area contributed by atoms with E-state index in [-0.39, 0.29) is 0 Å². The second-order valence-electron chi connectivity index (χ2n) is 6.47. The maximum Gasteiger partial charge on any atom is 0.119 e. The maximum absolute atomic E-state index is 9.87. The third kappa shape index (κ3) is 2.79. The lowest BCUT2D eigenvalue weighted by molar-refractivity contribution is 0.274. The van der Waals surface area contributed by atoms with Crippen LogP contribution in [0.5, 0.6) is 5.75 Å². The molecule has 104 valence electrons. The Kier molecular flexibility index (Phi) is 3.79. The van der Waals surface area contributed by atoms with Crippen molar-refractivity contribution in [3.8, 4) is 5.75 Å². The van der Waals surface area contributed by atoms with Gasteiger partial charge < -0.3 is 10.4 Å². The van der Waals surface area contributed by atoms with Gasteiger partial charge in [0.2, 0.25) is 0 Å². The second kappa shape index (κ2) is 5.54. The van der Waals surface area contributed by atoms with E-state index in [0.29, 0.717) is 11.8 Å². The minimum Gasteiger partial charge on any atom is -0.508 e. The van der Waals surface area contributed by atoms with E-state index >= 15 is 0 Å². The fourth-order valence-corrected chi connectivity index (χ4v) is 3.69. The highest BCUT2D eigenvalue weighted by molar-refractivity contribution is 5.44. The van der Waals surface area contributed by atoms with Crippen LogP contribution in [0.1, 0.15) is 56.2 Å². The summed E-state index contributed by atoms with van der Waals surface area (Å²) in [5, 5.41) is 13.6. The summed E-state index contributed by atoms with van der Waals surface area (Å²) in [4.78, 5) is 0. The molecule has 0 saturated heterocycles. The molecule has 1 aromatic rings. The lowest BCUT2D eigenvalue weighted by Gasteiger charge is -2.27. The minimum absolute atomic E-state index is 0.460. The largest absolute Gasteiger partial charge is 0.508 e. The van der Waals surface area contributed by atoms with Gasteiger partial charge in [-0.1, -0.05) is 31.9 Å². The number of hydrogen-bond acceptors (Lipinski definition) is 2. The molecule has 2 aliphatic carbocycles. The summed E-state index contributed by atoms with van der Waals surface area (Å²) >= 11 is 0. The lowest BCUT2D eigenvalue weighted by Crippen LogP contribution is -2.28. The highest BCUT2D eigenvalue weighted by atomic mass is 16.3. The molecule has 2 aliphatic rings. The molecule has 0 heterocycles. The predicted molar refractivity (Wildman–Crippen MR) is 78.3 cm³/mol. The van der Waals surface area contributed by atoms with Crippen molar-refractivity contribution in [2.45, 2.75) is 51.5 Å². The standard InChI is InChI=1S/C17H25NO/c1-12-5-7-13(8-6-12)11-18-16-10-9-15-14(16)3-2-4-17(15)19/h2-4,12-13,16,18-19H,5-11H2,1H3. The molecule has 2 N–H and O–H groups in total. The molecule has 1 fully saturated rings. The molecule has 0 amide bonds. The number of fused-ring (bicyclic) bond motifs is 1. The van der Waals surface area contributed by atoms with Crippen molar-refractivity contribution in [1.82, 2.24) is 5.32 Å². The van der Waals surface area contributed by atoms with Crippen molar-refractivity contribution < 1.29 is 5.11 Å². The highest BCUT2D eigenvalue weighted by Crippen LogP contribution is 2.36. The van der Waals surface area contributed by atoms with Gasteiger partial charge in [0.1, 0.15) is 5.75 Å². The van der Waals surface area contributed by atoms with E-state index in [1.807, 2.05) is 12.1 Å². The summed E-state index contributed by atoms with van der Waals surface area (Å²) < 4.78 is 0. The van der Waals surface area contributed by atoms with Gasteiger partial charge in [-0.25, -0.2) is 0 Å². The number of phenolic OH excluding ortho intramolecular Hbond substituents is 1. The molecule has 1 saturated carbocycles. The monoisotopic (exact) mass is 259 g/mol. The fourth-order valence-electron chi connectivity index (χ4n) is 3.69. The first-order valence-electron chi connectivity index (χ1n) is 7.78. The van der Waals surface area contributed by atoms with Gasteiger partial charge in [0.15, 0.2) is 0 Å². The van der Waals surface area contributed by atoms with Crippen LogP contribution in [0.15, 0.2) is 18.2 Å². The van der Waals surface area contributed by atoms with Gasteiger partial charge in [-0.15, -0.1) is 0 Å². The molecule has 1 atom stereocenters. The average Bonchev–Trinajstić information content (AvgIpc) is 2.83. The topological polar surface area (TPSA) is 32.3 Å². The van der Waals surface area contributed by atoms with Crippen molar-refractivity contribution in [2.24, 2.45) is 11.8 Å².